The highest BCUT2D eigenvalue weighted by Crippen LogP contribution is 2.59. The van der Waals surface area contributed by atoms with Crippen molar-refractivity contribution < 1.29 is 28.5 Å². The molecule has 198 valence electrons. The van der Waals surface area contributed by atoms with Crippen LogP contribution in [0.5, 0.6) is 0 Å². The van der Waals surface area contributed by atoms with E-state index in [0.29, 0.717) is 18.9 Å². The molecule has 8 nitrogen and oxygen atoms in total. The lowest BCUT2D eigenvalue weighted by atomic mass is 9.68. The number of methoxy groups -OCH3 is 1. The van der Waals surface area contributed by atoms with Crippen molar-refractivity contribution in [3.05, 3.63) is 11.6 Å². The zero-order valence-corrected chi connectivity index (χ0v) is 22.1. The van der Waals surface area contributed by atoms with Crippen LogP contribution in [0.2, 0.25) is 0 Å². The van der Waals surface area contributed by atoms with Crippen molar-refractivity contribution in [1.82, 2.24) is 10.6 Å². The van der Waals surface area contributed by atoms with Crippen LogP contribution in [0, 0.1) is 11.8 Å². The Hall–Kier alpha value is -1.48. The average Bonchev–Trinajstić information content (AvgIpc) is 3.72. The van der Waals surface area contributed by atoms with E-state index in [1.165, 1.54) is 5.57 Å². The number of esters is 1. The van der Waals surface area contributed by atoms with Gasteiger partial charge in [-0.3, -0.25) is 9.59 Å². The third kappa shape index (κ3) is 6.09. The summed E-state index contributed by atoms with van der Waals surface area (Å²) >= 11 is 0. The SMILES string of the molecule is CNCC(=O)NC1CCC(CC(=O)OC2CC[C@]3(CO3)C(C3(C)O[C@@H]3CC=C(C)C)C2OC)CC1. The molecule has 2 saturated carbocycles. The van der Waals surface area contributed by atoms with Gasteiger partial charge in [0.1, 0.15) is 23.4 Å². The predicted molar refractivity (Wildman–Crippen MR) is 132 cm³/mol. The van der Waals surface area contributed by atoms with Crippen molar-refractivity contribution in [3.63, 3.8) is 0 Å². The lowest BCUT2D eigenvalue weighted by molar-refractivity contribution is -0.173. The third-order valence-electron chi connectivity index (χ3n) is 8.52. The molecule has 1 amide bonds. The van der Waals surface area contributed by atoms with Gasteiger partial charge in [-0.25, -0.2) is 0 Å². The second-order valence-corrected chi connectivity index (χ2v) is 11.4. The summed E-state index contributed by atoms with van der Waals surface area (Å²) in [4.78, 5) is 24.8. The molecule has 4 unspecified atom stereocenters. The van der Waals surface area contributed by atoms with Gasteiger partial charge in [-0.15, -0.1) is 0 Å². The van der Waals surface area contributed by atoms with E-state index in [9.17, 15) is 9.59 Å². The molecule has 8 heteroatoms. The Bertz CT molecular complexity index is 799. The van der Waals surface area contributed by atoms with Gasteiger partial charge < -0.3 is 29.6 Å². The van der Waals surface area contributed by atoms with Gasteiger partial charge in [0.05, 0.1) is 25.2 Å². The first kappa shape index (κ1) is 26.6. The van der Waals surface area contributed by atoms with Crippen molar-refractivity contribution in [2.24, 2.45) is 11.8 Å². The van der Waals surface area contributed by atoms with Crippen LogP contribution in [0.25, 0.3) is 0 Å². The first-order valence-electron chi connectivity index (χ1n) is 13.3. The summed E-state index contributed by atoms with van der Waals surface area (Å²) in [6, 6.07) is 0.202. The van der Waals surface area contributed by atoms with Gasteiger partial charge in [-0.2, -0.15) is 0 Å². The first-order valence-corrected chi connectivity index (χ1v) is 13.3. The number of hydrogen-bond acceptors (Lipinski definition) is 7. The smallest absolute Gasteiger partial charge is 0.306 e. The van der Waals surface area contributed by atoms with Crippen LogP contribution in [0.3, 0.4) is 0 Å². The summed E-state index contributed by atoms with van der Waals surface area (Å²) in [7, 11) is 3.48. The largest absolute Gasteiger partial charge is 0.460 e. The van der Waals surface area contributed by atoms with E-state index in [-0.39, 0.29) is 53.4 Å². The van der Waals surface area contributed by atoms with E-state index < -0.39 is 0 Å². The molecule has 0 aromatic carbocycles. The van der Waals surface area contributed by atoms with E-state index in [0.717, 1.165) is 51.6 Å². The highest BCUT2D eigenvalue weighted by Gasteiger charge is 2.72. The average molecular weight is 493 g/mol. The Morgan fingerprint density at radius 3 is 2.46 bits per heavy atom. The van der Waals surface area contributed by atoms with Gasteiger partial charge in [0, 0.05) is 19.6 Å². The van der Waals surface area contributed by atoms with Gasteiger partial charge in [0.2, 0.25) is 5.91 Å². The molecular weight excluding hydrogens is 448 g/mol. The van der Waals surface area contributed by atoms with Crippen molar-refractivity contribution >= 4 is 11.9 Å². The third-order valence-corrected chi connectivity index (χ3v) is 8.52. The molecular formula is C27H44N2O6. The minimum Gasteiger partial charge on any atom is -0.460 e. The number of likely N-dealkylation sites (N-methyl/N-ethyl adjacent to an activating group) is 1. The molecule has 0 radical (unpaired) electrons. The second kappa shape index (κ2) is 10.9. The normalized spacial score (nSPS) is 40.1. The molecule has 2 heterocycles. The number of carbonyl (C=O) groups excluding carboxylic acids is 2. The maximum absolute atomic E-state index is 13.0. The summed E-state index contributed by atoms with van der Waals surface area (Å²) in [6.45, 7) is 7.42. The van der Waals surface area contributed by atoms with Crippen LogP contribution < -0.4 is 10.6 Å². The highest BCUT2D eigenvalue weighted by molar-refractivity contribution is 5.78. The Balaban J connectivity index is 1.30. The molecule has 4 rings (SSSR count). The molecule has 2 saturated heterocycles. The van der Waals surface area contributed by atoms with Crippen LogP contribution in [0.4, 0.5) is 0 Å². The predicted octanol–water partition coefficient (Wildman–Crippen LogP) is 2.89. The summed E-state index contributed by atoms with van der Waals surface area (Å²) < 4.78 is 24.3. The number of amides is 1. The van der Waals surface area contributed by atoms with E-state index in [1.807, 2.05) is 0 Å². The van der Waals surface area contributed by atoms with Crippen molar-refractivity contribution in [2.45, 2.75) is 108 Å². The van der Waals surface area contributed by atoms with Gasteiger partial charge >= 0.3 is 5.97 Å². The minimum atomic E-state index is -0.329. The summed E-state index contributed by atoms with van der Waals surface area (Å²) in [5, 5.41) is 5.94. The minimum absolute atomic E-state index is 0.0293. The summed E-state index contributed by atoms with van der Waals surface area (Å²) in [5.41, 5.74) is 0.742. The van der Waals surface area contributed by atoms with Crippen LogP contribution in [0.1, 0.15) is 72.1 Å². The Morgan fingerprint density at radius 1 is 1.14 bits per heavy atom. The number of carbonyl (C=O) groups is 2. The Morgan fingerprint density at radius 2 is 1.86 bits per heavy atom. The van der Waals surface area contributed by atoms with E-state index >= 15 is 0 Å². The molecule has 0 aromatic heterocycles. The molecule has 4 fully saturated rings. The Kier molecular flexibility index (Phi) is 8.25. The van der Waals surface area contributed by atoms with Gasteiger partial charge in [-0.05, 0) is 78.7 Å². The molecule has 0 bridgehead atoms. The molecule has 2 aliphatic carbocycles. The van der Waals surface area contributed by atoms with Crippen LogP contribution in [-0.2, 0) is 28.5 Å². The fraction of sp³-hybridized carbons (Fsp3) is 0.852. The van der Waals surface area contributed by atoms with Crippen molar-refractivity contribution in [1.29, 1.82) is 0 Å². The zero-order chi connectivity index (χ0) is 25.2. The van der Waals surface area contributed by atoms with Crippen molar-refractivity contribution in [3.8, 4) is 0 Å². The zero-order valence-electron chi connectivity index (χ0n) is 22.1. The molecule has 2 N–H and O–H groups in total. The molecule has 6 atom stereocenters. The summed E-state index contributed by atoms with van der Waals surface area (Å²) in [6.07, 6.45) is 8.41. The highest BCUT2D eigenvalue weighted by atomic mass is 16.6. The molecule has 1 spiro atoms. The van der Waals surface area contributed by atoms with Crippen molar-refractivity contribution in [2.75, 3.05) is 27.3 Å². The number of epoxide rings is 2. The van der Waals surface area contributed by atoms with Gasteiger partial charge in [0.15, 0.2) is 0 Å². The first-order chi connectivity index (χ1) is 16.7. The topological polar surface area (TPSA) is 102 Å². The fourth-order valence-electron chi connectivity index (χ4n) is 6.47. The van der Waals surface area contributed by atoms with E-state index in [1.54, 1.807) is 14.2 Å². The lowest BCUT2D eigenvalue weighted by Gasteiger charge is -2.42. The number of allylic oxidation sites excluding steroid dienone is 1. The number of ether oxygens (including phenoxy) is 4. The van der Waals surface area contributed by atoms with Gasteiger partial charge in [-0.1, -0.05) is 11.6 Å². The standard InChI is InChI=1S/C27H44N2O6/c1-17(2)6-11-21-26(3,35-21)25-24(32-5)20(12-13-27(25)16-33-27)34-23(31)14-18-7-9-19(10-8-18)29-22(30)15-28-4/h6,18-21,24-25,28H,7-16H2,1-5H3,(H,29,30)/t18?,19?,20?,21-,24?,25?,26?,27+/m1/s1. The van der Waals surface area contributed by atoms with Crippen LogP contribution in [0.15, 0.2) is 11.6 Å². The fourth-order valence-corrected chi connectivity index (χ4v) is 6.47. The van der Waals surface area contributed by atoms with Crippen LogP contribution >= 0.6 is 0 Å². The molecule has 4 aliphatic rings. The van der Waals surface area contributed by atoms with E-state index in [4.69, 9.17) is 18.9 Å². The quantitative estimate of drug-likeness (QED) is 0.275. The summed E-state index contributed by atoms with van der Waals surface area (Å²) in [5.74, 6) is 0.228. The molecule has 35 heavy (non-hydrogen) atoms. The maximum Gasteiger partial charge on any atom is 0.306 e. The number of nitrogens with one attached hydrogen (secondary N) is 2. The molecule has 2 aliphatic heterocycles. The van der Waals surface area contributed by atoms with Crippen LogP contribution in [-0.4, -0.2) is 74.7 Å². The molecule has 0 aromatic rings. The number of hydrogen-bond donors (Lipinski definition) is 2. The Labute approximate surface area is 209 Å². The van der Waals surface area contributed by atoms with E-state index in [2.05, 4.69) is 37.5 Å². The monoisotopic (exact) mass is 492 g/mol. The van der Waals surface area contributed by atoms with Gasteiger partial charge in [0.25, 0.3) is 0 Å². The number of rotatable bonds is 10. The lowest BCUT2D eigenvalue weighted by Crippen LogP contribution is -2.55. The second-order valence-electron chi connectivity index (χ2n) is 11.4. The maximum atomic E-state index is 13.0.